The normalized spacial score (nSPS) is 16.4. The van der Waals surface area contributed by atoms with Gasteiger partial charge in [-0.3, -0.25) is 4.79 Å². The number of amides is 1. The number of likely N-dealkylation sites (tertiary alicyclic amines) is 1. The molecule has 8 nitrogen and oxygen atoms in total. The van der Waals surface area contributed by atoms with E-state index in [9.17, 15) is 4.79 Å². The van der Waals surface area contributed by atoms with Gasteiger partial charge >= 0.3 is 0 Å². The van der Waals surface area contributed by atoms with Crippen LogP contribution in [0.3, 0.4) is 0 Å². The van der Waals surface area contributed by atoms with E-state index in [1.807, 2.05) is 6.07 Å². The molecular formula is C17H18N4O4. The number of nitrogens with zero attached hydrogens (tertiary/aromatic N) is 3. The average Bonchev–Trinajstić information content (AvgIpc) is 3.30. The van der Waals surface area contributed by atoms with Crippen LogP contribution in [0, 0.1) is 11.5 Å². The van der Waals surface area contributed by atoms with E-state index in [-0.39, 0.29) is 17.7 Å². The highest BCUT2D eigenvalue weighted by Crippen LogP contribution is 2.32. The summed E-state index contributed by atoms with van der Waals surface area (Å²) in [6.07, 6.45) is 2.81. The van der Waals surface area contributed by atoms with E-state index in [1.54, 1.807) is 37.3 Å². The van der Waals surface area contributed by atoms with E-state index < -0.39 is 0 Å². The molecular weight excluding hydrogens is 324 g/mol. The molecule has 2 aromatic rings. The molecule has 130 valence electrons. The second-order valence-electron chi connectivity index (χ2n) is 5.65. The van der Waals surface area contributed by atoms with Gasteiger partial charge in [-0.2, -0.15) is 5.26 Å². The van der Waals surface area contributed by atoms with Gasteiger partial charge in [-0.25, -0.2) is 0 Å². The second-order valence-corrected chi connectivity index (χ2v) is 5.65. The molecule has 8 heteroatoms. The van der Waals surface area contributed by atoms with E-state index in [0.29, 0.717) is 30.3 Å². The van der Waals surface area contributed by atoms with Crippen LogP contribution >= 0.6 is 0 Å². The average molecular weight is 342 g/mol. The maximum absolute atomic E-state index is 12.3. The summed E-state index contributed by atoms with van der Waals surface area (Å²) in [6, 6.07) is 6.84. The summed E-state index contributed by atoms with van der Waals surface area (Å²) in [5, 5.41) is 15.7. The summed E-state index contributed by atoms with van der Waals surface area (Å²) < 4.78 is 15.6. The molecule has 1 amide bonds. The molecule has 0 aliphatic carbocycles. The molecule has 3 rings (SSSR count). The summed E-state index contributed by atoms with van der Waals surface area (Å²) in [5.41, 5.74) is 1.27. The Hall–Kier alpha value is -3.21. The maximum atomic E-state index is 12.3. The van der Waals surface area contributed by atoms with E-state index in [1.165, 1.54) is 0 Å². The van der Waals surface area contributed by atoms with Crippen LogP contribution in [0.15, 0.2) is 28.8 Å². The highest BCUT2D eigenvalue weighted by Gasteiger charge is 2.25. The molecule has 1 fully saturated rings. The van der Waals surface area contributed by atoms with Gasteiger partial charge in [-0.15, -0.1) is 0 Å². The molecule has 2 heterocycles. The van der Waals surface area contributed by atoms with Gasteiger partial charge in [0.25, 0.3) is 5.91 Å². The van der Waals surface area contributed by atoms with Crippen LogP contribution in [-0.2, 0) is 0 Å². The first kappa shape index (κ1) is 16.6. The Morgan fingerprint density at radius 1 is 1.36 bits per heavy atom. The zero-order valence-corrected chi connectivity index (χ0v) is 14.0. The fraction of sp³-hybridized carbons (Fsp3) is 0.353. The third-order valence-corrected chi connectivity index (χ3v) is 4.08. The van der Waals surface area contributed by atoms with E-state index >= 15 is 0 Å². The quantitative estimate of drug-likeness (QED) is 0.824. The molecule has 25 heavy (non-hydrogen) atoms. The van der Waals surface area contributed by atoms with Gasteiger partial charge in [0.15, 0.2) is 17.7 Å². The van der Waals surface area contributed by atoms with Crippen molar-refractivity contribution in [1.82, 2.24) is 15.4 Å². The lowest BCUT2D eigenvalue weighted by Crippen LogP contribution is -2.36. The molecule has 1 atom stereocenters. The van der Waals surface area contributed by atoms with E-state index in [0.717, 1.165) is 12.0 Å². The van der Waals surface area contributed by atoms with Crippen molar-refractivity contribution >= 4 is 5.91 Å². The molecule has 1 aromatic carbocycles. The lowest BCUT2D eigenvalue weighted by Gasteiger charge is -2.10. The standard InChI is InChI=1S/C17H18N4O4/c1-23-14-4-3-11(7-15(14)24-2)13-8-16(25-20-13)17(22)19-12-5-6-21(9-12)10-18/h3-4,7-8,12H,5-6,9H2,1-2H3,(H,19,22)/t12-/m1/s1. The number of rotatable bonds is 5. The van der Waals surface area contributed by atoms with Gasteiger partial charge in [0.05, 0.1) is 14.2 Å². The molecule has 0 unspecified atom stereocenters. The van der Waals surface area contributed by atoms with Crippen LogP contribution in [0.4, 0.5) is 0 Å². The minimum absolute atomic E-state index is 0.0678. The first-order chi connectivity index (χ1) is 12.1. The Bertz CT molecular complexity index is 811. The Morgan fingerprint density at radius 3 is 2.84 bits per heavy atom. The van der Waals surface area contributed by atoms with Crippen LogP contribution in [0.1, 0.15) is 17.0 Å². The highest BCUT2D eigenvalue weighted by molar-refractivity contribution is 5.92. The van der Waals surface area contributed by atoms with E-state index in [2.05, 4.69) is 16.7 Å². The number of nitriles is 1. The first-order valence-corrected chi connectivity index (χ1v) is 7.79. The number of carbonyl (C=O) groups is 1. The number of nitrogens with one attached hydrogen (secondary N) is 1. The number of ether oxygens (including phenoxy) is 2. The zero-order valence-electron chi connectivity index (χ0n) is 14.0. The number of hydrogen-bond donors (Lipinski definition) is 1. The smallest absolute Gasteiger partial charge is 0.290 e. The summed E-state index contributed by atoms with van der Waals surface area (Å²) in [5.74, 6) is 0.955. The van der Waals surface area contributed by atoms with Gasteiger partial charge in [-0.1, -0.05) is 5.16 Å². The molecule has 1 aliphatic heterocycles. The Balaban J connectivity index is 1.72. The van der Waals surface area contributed by atoms with Gasteiger partial charge in [0, 0.05) is 30.8 Å². The summed E-state index contributed by atoms with van der Waals surface area (Å²) >= 11 is 0. The van der Waals surface area contributed by atoms with Gasteiger partial charge in [0.2, 0.25) is 5.76 Å². The molecule has 0 radical (unpaired) electrons. The van der Waals surface area contributed by atoms with Crippen molar-refractivity contribution in [3.8, 4) is 28.9 Å². The van der Waals surface area contributed by atoms with Gasteiger partial charge in [0.1, 0.15) is 5.69 Å². The fourth-order valence-corrected chi connectivity index (χ4v) is 2.74. The minimum atomic E-state index is -0.344. The Morgan fingerprint density at radius 2 is 2.16 bits per heavy atom. The summed E-state index contributed by atoms with van der Waals surface area (Å²) in [6.45, 7) is 1.16. The predicted molar refractivity (Wildman–Crippen MR) is 88.1 cm³/mol. The maximum Gasteiger partial charge on any atom is 0.290 e. The van der Waals surface area contributed by atoms with Crippen molar-refractivity contribution in [2.24, 2.45) is 0 Å². The monoisotopic (exact) mass is 342 g/mol. The first-order valence-electron chi connectivity index (χ1n) is 7.79. The number of hydrogen-bond acceptors (Lipinski definition) is 7. The highest BCUT2D eigenvalue weighted by atomic mass is 16.5. The van der Waals surface area contributed by atoms with Crippen LogP contribution < -0.4 is 14.8 Å². The molecule has 0 spiro atoms. The lowest BCUT2D eigenvalue weighted by atomic mass is 10.1. The third-order valence-electron chi connectivity index (χ3n) is 4.08. The van der Waals surface area contributed by atoms with Crippen molar-refractivity contribution in [3.63, 3.8) is 0 Å². The van der Waals surface area contributed by atoms with Gasteiger partial charge in [-0.05, 0) is 24.6 Å². The molecule has 1 saturated heterocycles. The Labute approximate surface area is 144 Å². The molecule has 0 saturated carbocycles. The Kier molecular flexibility index (Phi) is 4.75. The lowest BCUT2D eigenvalue weighted by molar-refractivity contribution is 0.0901. The number of methoxy groups -OCH3 is 2. The van der Waals surface area contributed by atoms with E-state index in [4.69, 9.17) is 19.3 Å². The van der Waals surface area contributed by atoms with Crippen molar-refractivity contribution in [1.29, 1.82) is 5.26 Å². The molecule has 1 aromatic heterocycles. The van der Waals surface area contributed by atoms with Crippen molar-refractivity contribution in [3.05, 3.63) is 30.0 Å². The largest absolute Gasteiger partial charge is 0.493 e. The summed E-state index contributed by atoms with van der Waals surface area (Å²) in [7, 11) is 3.11. The van der Waals surface area contributed by atoms with Crippen LogP contribution in [0.2, 0.25) is 0 Å². The van der Waals surface area contributed by atoms with Crippen LogP contribution in [-0.4, -0.2) is 49.3 Å². The fourth-order valence-electron chi connectivity index (χ4n) is 2.74. The number of aromatic nitrogens is 1. The van der Waals surface area contributed by atoms with Crippen molar-refractivity contribution < 1.29 is 18.8 Å². The number of benzene rings is 1. The third kappa shape index (κ3) is 3.50. The minimum Gasteiger partial charge on any atom is -0.493 e. The second kappa shape index (κ2) is 7.13. The predicted octanol–water partition coefficient (Wildman–Crippen LogP) is 1.64. The SMILES string of the molecule is COc1ccc(-c2cc(C(=O)N[C@@H]3CCN(C#N)C3)on2)cc1OC. The molecule has 0 bridgehead atoms. The van der Waals surface area contributed by atoms with Crippen LogP contribution in [0.5, 0.6) is 11.5 Å². The van der Waals surface area contributed by atoms with Crippen LogP contribution in [0.25, 0.3) is 11.3 Å². The van der Waals surface area contributed by atoms with Crippen molar-refractivity contribution in [2.75, 3.05) is 27.3 Å². The molecule has 1 aliphatic rings. The van der Waals surface area contributed by atoms with Crippen molar-refractivity contribution in [2.45, 2.75) is 12.5 Å². The van der Waals surface area contributed by atoms with Gasteiger partial charge < -0.3 is 24.2 Å². The zero-order chi connectivity index (χ0) is 17.8. The molecule has 1 N–H and O–H groups in total. The topological polar surface area (TPSA) is 101 Å². The number of carbonyl (C=O) groups excluding carboxylic acids is 1. The summed E-state index contributed by atoms with van der Waals surface area (Å²) in [4.78, 5) is 13.9.